The number of benzene rings is 2. The lowest BCUT2D eigenvalue weighted by atomic mass is 10.1. The molecule has 29 heavy (non-hydrogen) atoms. The van der Waals surface area contributed by atoms with Gasteiger partial charge in [0.15, 0.2) is 6.61 Å². The quantitative estimate of drug-likeness (QED) is 0.841. The van der Waals surface area contributed by atoms with E-state index < -0.39 is 5.82 Å². The summed E-state index contributed by atoms with van der Waals surface area (Å²) in [7, 11) is 0. The molecule has 1 saturated heterocycles. The summed E-state index contributed by atoms with van der Waals surface area (Å²) in [5.41, 5.74) is 1.58. The Balaban J connectivity index is 1.49. The summed E-state index contributed by atoms with van der Waals surface area (Å²) in [6.07, 6.45) is 3.67. The Kier molecular flexibility index (Phi) is 5.76. The molecule has 4 rings (SSSR count). The summed E-state index contributed by atoms with van der Waals surface area (Å²) in [6.45, 7) is 3.56. The minimum Gasteiger partial charge on any atom is -0.482 e. The van der Waals surface area contributed by atoms with Crippen LogP contribution in [0, 0.1) is 5.82 Å². The highest BCUT2D eigenvalue weighted by Crippen LogP contribution is 2.34. The maximum Gasteiger partial charge on any atom is 0.265 e. The van der Waals surface area contributed by atoms with E-state index >= 15 is 0 Å². The lowest BCUT2D eigenvalue weighted by molar-refractivity contribution is -0.121. The summed E-state index contributed by atoms with van der Waals surface area (Å²) >= 11 is 0. The fourth-order valence-electron chi connectivity index (χ4n) is 3.75. The molecule has 1 fully saturated rings. The molecule has 0 unspecified atom stereocenters. The van der Waals surface area contributed by atoms with Crippen molar-refractivity contribution in [3.8, 4) is 5.75 Å². The normalized spacial score (nSPS) is 16.9. The van der Waals surface area contributed by atoms with Crippen LogP contribution in [0.5, 0.6) is 5.75 Å². The van der Waals surface area contributed by atoms with E-state index in [0.717, 1.165) is 19.6 Å². The number of likely N-dealkylation sites (tertiary alicyclic amines) is 1. The number of carbonyl (C=O) groups excluding carboxylic acids is 2. The van der Waals surface area contributed by atoms with E-state index in [1.54, 1.807) is 23.1 Å². The molecule has 0 atom stereocenters. The monoisotopic (exact) mass is 397 g/mol. The number of carbonyl (C=O) groups is 2. The summed E-state index contributed by atoms with van der Waals surface area (Å²) in [4.78, 5) is 29.0. The largest absolute Gasteiger partial charge is 0.482 e. The first-order valence-corrected chi connectivity index (χ1v) is 9.97. The van der Waals surface area contributed by atoms with Crippen molar-refractivity contribution in [1.82, 2.24) is 4.90 Å². The first-order valence-electron chi connectivity index (χ1n) is 9.97. The number of rotatable bonds is 5. The van der Waals surface area contributed by atoms with Gasteiger partial charge in [-0.2, -0.15) is 0 Å². The van der Waals surface area contributed by atoms with Gasteiger partial charge in [-0.15, -0.1) is 0 Å². The van der Waals surface area contributed by atoms with E-state index in [2.05, 4.69) is 10.2 Å². The zero-order valence-electron chi connectivity index (χ0n) is 16.2. The average Bonchev–Trinajstić information content (AvgIpc) is 2.74. The smallest absolute Gasteiger partial charge is 0.265 e. The number of nitrogens with zero attached hydrogens (tertiary/aromatic N) is 2. The molecule has 0 saturated carbocycles. The van der Waals surface area contributed by atoms with E-state index in [1.165, 1.54) is 43.5 Å². The van der Waals surface area contributed by atoms with Crippen molar-refractivity contribution in [2.45, 2.75) is 19.3 Å². The average molecular weight is 397 g/mol. The van der Waals surface area contributed by atoms with E-state index in [4.69, 9.17) is 4.74 Å². The van der Waals surface area contributed by atoms with Crippen LogP contribution < -0.4 is 15.0 Å². The van der Waals surface area contributed by atoms with Crippen molar-refractivity contribution in [1.29, 1.82) is 0 Å². The third-order valence-corrected chi connectivity index (χ3v) is 5.35. The first-order chi connectivity index (χ1) is 14.1. The number of fused-ring (bicyclic) bond motifs is 1. The minimum absolute atomic E-state index is 0.0221. The van der Waals surface area contributed by atoms with Crippen molar-refractivity contribution in [3.05, 3.63) is 53.8 Å². The molecule has 1 N–H and O–H groups in total. The van der Waals surface area contributed by atoms with Crippen LogP contribution in [-0.2, 0) is 4.79 Å². The van der Waals surface area contributed by atoms with Crippen LogP contribution in [0.3, 0.4) is 0 Å². The molecular weight excluding hydrogens is 373 g/mol. The predicted octanol–water partition coefficient (Wildman–Crippen LogP) is 3.29. The van der Waals surface area contributed by atoms with Gasteiger partial charge in [0.25, 0.3) is 11.8 Å². The number of hydrogen-bond donors (Lipinski definition) is 1. The number of halogens is 1. The molecular formula is C22H24FN3O3. The summed E-state index contributed by atoms with van der Waals surface area (Å²) in [5.74, 6) is -0.192. The molecule has 0 aliphatic carbocycles. The van der Waals surface area contributed by atoms with Gasteiger partial charge in [0, 0.05) is 24.3 Å². The maximum atomic E-state index is 13.1. The third kappa shape index (κ3) is 4.56. The Hall–Kier alpha value is -2.93. The van der Waals surface area contributed by atoms with Crippen molar-refractivity contribution < 1.29 is 18.7 Å². The van der Waals surface area contributed by atoms with Gasteiger partial charge >= 0.3 is 0 Å². The van der Waals surface area contributed by atoms with Crippen LogP contribution in [0.25, 0.3) is 0 Å². The highest BCUT2D eigenvalue weighted by atomic mass is 19.1. The maximum absolute atomic E-state index is 13.1. The molecule has 0 bridgehead atoms. The predicted molar refractivity (Wildman–Crippen MR) is 109 cm³/mol. The molecule has 2 aromatic carbocycles. The summed E-state index contributed by atoms with van der Waals surface area (Å²) < 4.78 is 18.6. The number of anilines is 2. The molecule has 2 aliphatic heterocycles. The van der Waals surface area contributed by atoms with E-state index in [1.807, 2.05) is 0 Å². The van der Waals surface area contributed by atoms with Crippen LogP contribution in [0.4, 0.5) is 15.8 Å². The Morgan fingerprint density at radius 3 is 2.55 bits per heavy atom. The van der Waals surface area contributed by atoms with Gasteiger partial charge in [-0.25, -0.2) is 4.39 Å². The second kappa shape index (κ2) is 8.61. The standard InChI is InChI=1S/C22H24FN3O3/c23-17-6-4-16(5-7-17)22(28)24-18-8-9-20-19(14-18)26(21(27)15-29-20)13-12-25-10-2-1-3-11-25/h4-9,14H,1-3,10-13,15H2,(H,24,28). The Bertz CT molecular complexity index is 895. The minimum atomic E-state index is -0.393. The first kappa shape index (κ1) is 19.4. The van der Waals surface area contributed by atoms with Crippen LogP contribution in [0.2, 0.25) is 0 Å². The lowest BCUT2D eigenvalue weighted by Crippen LogP contribution is -2.44. The van der Waals surface area contributed by atoms with E-state index in [0.29, 0.717) is 29.2 Å². The molecule has 6 nitrogen and oxygen atoms in total. The van der Waals surface area contributed by atoms with E-state index in [9.17, 15) is 14.0 Å². The van der Waals surface area contributed by atoms with Gasteiger partial charge in [0.2, 0.25) is 0 Å². The number of nitrogens with one attached hydrogen (secondary N) is 1. The second-order valence-corrected chi connectivity index (χ2v) is 7.38. The fraction of sp³-hybridized carbons (Fsp3) is 0.364. The van der Waals surface area contributed by atoms with Crippen LogP contribution in [0.15, 0.2) is 42.5 Å². The molecule has 0 radical (unpaired) electrons. The molecule has 2 aromatic rings. The molecule has 2 amide bonds. The van der Waals surface area contributed by atoms with Gasteiger partial charge in [-0.3, -0.25) is 9.59 Å². The van der Waals surface area contributed by atoms with E-state index in [-0.39, 0.29) is 18.4 Å². The van der Waals surface area contributed by atoms with Crippen LogP contribution in [0.1, 0.15) is 29.6 Å². The zero-order chi connectivity index (χ0) is 20.2. The third-order valence-electron chi connectivity index (χ3n) is 5.35. The van der Waals surface area contributed by atoms with Crippen LogP contribution >= 0.6 is 0 Å². The summed E-state index contributed by atoms with van der Waals surface area (Å²) in [5, 5.41) is 2.80. The second-order valence-electron chi connectivity index (χ2n) is 7.38. The van der Waals surface area contributed by atoms with Gasteiger partial charge < -0.3 is 19.9 Å². The lowest BCUT2D eigenvalue weighted by Gasteiger charge is -2.33. The fourth-order valence-corrected chi connectivity index (χ4v) is 3.75. The molecule has 2 aliphatic rings. The molecule has 0 spiro atoms. The van der Waals surface area contributed by atoms with Gasteiger partial charge in [0.05, 0.1) is 5.69 Å². The van der Waals surface area contributed by atoms with Crippen molar-refractivity contribution in [2.75, 3.05) is 43.0 Å². The van der Waals surface area contributed by atoms with Crippen molar-refractivity contribution in [3.63, 3.8) is 0 Å². The number of amides is 2. The number of hydrogen-bond acceptors (Lipinski definition) is 4. The number of piperidine rings is 1. The highest BCUT2D eigenvalue weighted by molar-refractivity contribution is 6.05. The van der Waals surface area contributed by atoms with Gasteiger partial charge in [0.1, 0.15) is 11.6 Å². The van der Waals surface area contributed by atoms with Gasteiger partial charge in [-0.1, -0.05) is 6.42 Å². The topological polar surface area (TPSA) is 61.9 Å². The zero-order valence-corrected chi connectivity index (χ0v) is 16.2. The SMILES string of the molecule is O=C(Nc1ccc2c(c1)N(CCN1CCCCC1)C(=O)CO2)c1ccc(F)cc1. The molecule has 7 heteroatoms. The molecule has 152 valence electrons. The van der Waals surface area contributed by atoms with Crippen LogP contribution in [-0.4, -0.2) is 49.5 Å². The molecule has 2 heterocycles. The Morgan fingerprint density at radius 2 is 1.79 bits per heavy atom. The highest BCUT2D eigenvalue weighted by Gasteiger charge is 2.26. The Morgan fingerprint density at radius 1 is 1.03 bits per heavy atom. The Labute approximate surface area is 169 Å². The number of ether oxygens (including phenoxy) is 1. The van der Waals surface area contributed by atoms with Crippen molar-refractivity contribution in [2.24, 2.45) is 0 Å². The summed E-state index contributed by atoms with van der Waals surface area (Å²) in [6, 6.07) is 10.6. The van der Waals surface area contributed by atoms with Gasteiger partial charge in [-0.05, 0) is 68.4 Å². The van der Waals surface area contributed by atoms with Crippen molar-refractivity contribution >= 4 is 23.2 Å². The molecule has 0 aromatic heterocycles.